The molecular weight excluding hydrogens is 544 g/mol. The van der Waals surface area contributed by atoms with Crippen LogP contribution < -0.4 is 10.5 Å². The number of benzene rings is 2. The predicted molar refractivity (Wildman–Crippen MR) is 167 cm³/mol. The van der Waals surface area contributed by atoms with E-state index in [1.165, 1.54) is 26.5 Å². The Balaban J connectivity index is 1.44. The number of pyridine rings is 1. The molecule has 3 aromatic rings. The second kappa shape index (κ2) is 15.4. The molecule has 3 N–H and O–H groups in total. The minimum absolute atomic E-state index is 0.0154. The number of esters is 2. The molecule has 0 radical (unpaired) electrons. The largest absolute Gasteiger partial charge is 0.504 e. The summed E-state index contributed by atoms with van der Waals surface area (Å²) < 4.78 is 16.9. The van der Waals surface area contributed by atoms with Crippen molar-refractivity contribution in [2.45, 2.75) is 83.8 Å². The maximum atomic E-state index is 12.1. The van der Waals surface area contributed by atoms with Crippen LogP contribution in [-0.2, 0) is 31.9 Å². The fourth-order valence-electron chi connectivity index (χ4n) is 6.35. The summed E-state index contributed by atoms with van der Waals surface area (Å²) in [7, 11) is 1.50. The number of carbonyl (C=O) groups excluding carboxylic acids is 2. The van der Waals surface area contributed by atoms with Gasteiger partial charge < -0.3 is 25.1 Å². The lowest BCUT2D eigenvalue weighted by atomic mass is 9.77. The number of phenolic OH excluding ortho intramolecular Hbond substituents is 1. The number of nitrogen functional groups attached to an aromatic ring is 1. The van der Waals surface area contributed by atoms with Crippen molar-refractivity contribution in [2.75, 3.05) is 12.8 Å². The number of aromatic hydroxyl groups is 1. The minimum Gasteiger partial charge on any atom is -0.504 e. The third-order valence-electron chi connectivity index (χ3n) is 8.35. The average Bonchev–Trinajstić information content (AvgIpc) is 2.97. The minimum atomic E-state index is -0.452. The Morgan fingerprint density at radius 3 is 2.28 bits per heavy atom. The number of hydrogen-bond acceptors (Lipinski definition) is 8. The topological polar surface area (TPSA) is 121 Å². The molecule has 0 amide bonds. The zero-order chi connectivity index (χ0) is 30.8. The first kappa shape index (κ1) is 31.9. The van der Waals surface area contributed by atoms with Crippen LogP contribution in [0.25, 0.3) is 11.1 Å². The van der Waals surface area contributed by atoms with E-state index < -0.39 is 6.10 Å². The van der Waals surface area contributed by atoms with Gasteiger partial charge in [0.1, 0.15) is 18.0 Å². The van der Waals surface area contributed by atoms with E-state index in [1.54, 1.807) is 24.4 Å². The van der Waals surface area contributed by atoms with Crippen LogP contribution in [-0.4, -0.2) is 41.3 Å². The summed E-state index contributed by atoms with van der Waals surface area (Å²) in [5, 5.41) is 10.5. The van der Waals surface area contributed by atoms with Crippen molar-refractivity contribution < 1.29 is 28.9 Å². The van der Waals surface area contributed by atoms with Crippen molar-refractivity contribution in [2.24, 2.45) is 11.8 Å². The first-order chi connectivity index (χ1) is 20.7. The van der Waals surface area contributed by atoms with Gasteiger partial charge in [0.15, 0.2) is 11.5 Å². The zero-order valence-corrected chi connectivity index (χ0v) is 25.5. The highest BCUT2D eigenvalue weighted by atomic mass is 16.6. The molecule has 2 aromatic carbocycles. The predicted octanol–water partition coefficient (Wildman–Crippen LogP) is 6.67. The van der Waals surface area contributed by atoms with E-state index in [4.69, 9.17) is 19.9 Å². The molecule has 1 saturated carbocycles. The van der Waals surface area contributed by atoms with Gasteiger partial charge >= 0.3 is 11.9 Å². The highest BCUT2D eigenvalue weighted by Crippen LogP contribution is 2.37. The molecule has 8 nitrogen and oxygen atoms in total. The van der Waals surface area contributed by atoms with Crippen LogP contribution in [0.2, 0.25) is 0 Å². The van der Waals surface area contributed by atoms with Crippen LogP contribution in [0.4, 0.5) is 5.82 Å². The van der Waals surface area contributed by atoms with E-state index >= 15 is 0 Å². The Hall–Kier alpha value is -4.07. The normalized spacial score (nSPS) is 17.9. The highest BCUT2D eigenvalue weighted by Gasteiger charge is 2.28. The van der Waals surface area contributed by atoms with Gasteiger partial charge in [0.05, 0.1) is 7.11 Å². The van der Waals surface area contributed by atoms with Crippen LogP contribution in [0.3, 0.4) is 0 Å². The van der Waals surface area contributed by atoms with Crippen LogP contribution in [0.15, 0.2) is 60.8 Å². The third-order valence-corrected chi connectivity index (χ3v) is 8.35. The number of nitrogens with zero attached hydrogens (tertiary/aromatic N) is 1. The molecule has 0 unspecified atom stereocenters. The number of rotatable bonds is 13. The molecule has 0 bridgehead atoms. The van der Waals surface area contributed by atoms with Crippen molar-refractivity contribution >= 4 is 17.8 Å². The Labute approximate surface area is 254 Å². The van der Waals surface area contributed by atoms with E-state index in [-0.39, 0.29) is 23.8 Å². The number of aryl methyl sites for hydroxylation is 1. The smallest absolute Gasteiger partial charge is 0.302 e. The number of carbonyl (C=O) groups is 2. The van der Waals surface area contributed by atoms with Gasteiger partial charge in [-0.05, 0) is 96.9 Å². The molecule has 1 fully saturated rings. The summed E-state index contributed by atoms with van der Waals surface area (Å²) >= 11 is 0. The lowest BCUT2D eigenvalue weighted by Gasteiger charge is -2.32. The molecule has 1 aromatic heterocycles. The second-order valence-electron chi connectivity index (χ2n) is 11.7. The molecule has 1 aliphatic rings. The van der Waals surface area contributed by atoms with Crippen LogP contribution >= 0.6 is 0 Å². The zero-order valence-electron chi connectivity index (χ0n) is 25.5. The number of phenols is 1. The fourth-order valence-corrected chi connectivity index (χ4v) is 6.35. The number of methoxy groups -OCH3 is 1. The molecule has 0 spiro atoms. The Kier molecular flexibility index (Phi) is 11.4. The van der Waals surface area contributed by atoms with Crippen molar-refractivity contribution in [3.05, 3.63) is 71.9 Å². The molecule has 0 saturated heterocycles. The molecule has 8 heteroatoms. The highest BCUT2D eigenvalue weighted by molar-refractivity contribution is 5.72. The van der Waals surface area contributed by atoms with Gasteiger partial charge in [-0.3, -0.25) is 9.59 Å². The van der Waals surface area contributed by atoms with Gasteiger partial charge in [-0.1, -0.05) is 43.2 Å². The van der Waals surface area contributed by atoms with Gasteiger partial charge in [-0.15, -0.1) is 0 Å². The van der Waals surface area contributed by atoms with Crippen molar-refractivity contribution in [3.63, 3.8) is 0 Å². The lowest BCUT2D eigenvalue weighted by Crippen LogP contribution is -2.29. The average molecular weight is 589 g/mol. The van der Waals surface area contributed by atoms with Gasteiger partial charge in [0, 0.05) is 26.5 Å². The molecule has 43 heavy (non-hydrogen) atoms. The second-order valence-corrected chi connectivity index (χ2v) is 11.7. The maximum Gasteiger partial charge on any atom is 0.302 e. The standard InChI is InChI=1S/C35H44N2O6/c1-23(38)42-30(14-13-28-19-34(41-3)33(40)22-32(28)29-15-16-37-35(36)20-29)21-31(43-24(2)39)18-27-11-9-26(10-12-27)17-25-7-5-4-6-8-25/h4-8,15-16,19-20,22,26-27,30-31,40H,9-14,17-18,21H2,1-3H3,(H2,36,37)/t26?,27?,30-,31+/m1/s1. The first-order valence-electron chi connectivity index (χ1n) is 15.2. The molecular formula is C35H44N2O6. The van der Waals surface area contributed by atoms with Crippen molar-refractivity contribution in [3.8, 4) is 22.6 Å². The summed E-state index contributed by atoms with van der Waals surface area (Å²) in [6, 6.07) is 17.7. The van der Waals surface area contributed by atoms with Gasteiger partial charge in [-0.2, -0.15) is 0 Å². The molecule has 4 rings (SSSR count). The number of anilines is 1. The fraction of sp³-hybridized carbons (Fsp3) is 0.457. The summed E-state index contributed by atoms with van der Waals surface area (Å²) in [4.78, 5) is 28.3. The number of aromatic nitrogens is 1. The monoisotopic (exact) mass is 588 g/mol. The van der Waals surface area contributed by atoms with Gasteiger partial charge in [-0.25, -0.2) is 4.98 Å². The van der Waals surface area contributed by atoms with Crippen molar-refractivity contribution in [1.29, 1.82) is 0 Å². The maximum absolute atomic E-state index is 12.1. The van der Waals surface area contributed by atoms with E-state index in [2.05, 4.69) is 35.3 Å². The van der Waals surface area contributed by atoms with E-state index in [0.29, 0.717) is 42.7 Å². The van der Waals surface area contributed by atoms with Gasteiger partial charge in [0.25, 0.3) is 0 Å². The molecule has 0 aliphatic heterocycles. The summed E-state index contributed by atoms with van der Waals surface area (Å²) in [5.41, 5.74) is 9.82. The first-order valence-corrected chi connectivity index (χ1v) is 15.2. The van der Waals surface area contributed by atoms with E-state index in [0.717, 1.165) is 55.2 Å². The quantitative estimate of drug-likeness (QED) is 0.212. The Bertz CT molecular complexity index is 1350. The van der Waals surface area contributed by atoms with Crippen LogP contribution in [0.5, 0.6) is 11.5 Å². The molecule has 1 heterocycles. The van der Waals surface area contributed by atoms with Crippen LogP contribution in [0.1, 0.15) is 69.9 Å². The number of nitrogens with two attached hydrogens (primary N) is 1. The number of ether oxygens (including phenoxy) is 3. The van der Waals surface area contributed by atoms with E-state index in [9.17, 15) is 14.7 Å². The van der Waals surface area contributed by atoms with Crippen LogP contribution in [0, 0.1) is 11.8 Å². The lowest BCUT2D eigenvalue weighted by molar-refractivity contribution is -0.153. The SMILES string of the molecule is COc1cc(CC[C@H](C[C@H](CC2CCC(Cc3ccccc3)CC2)OC(C)=O)OC(C)=O)c(-c2ccnc(N)c2)cc1O. The summed E-state index contributed by atoms with van der Waals surface area (Å²) in [6.07, 6.45) is 8.65. The summed E-state index contributed by atoms with van der Waals surface area (Å²) in [6.45, 7) is 2.83. The third kappa shape index (κ3) is 9.73. The van der Waals surface area contributed by atoms with Crippen molar-refractivity contribution in [1.82, 2.24) is 4.98 Å². The summed E-state index contributed by atoms with van der Waals surface area (Å²) in [5.74, 6) is 1.16. The Morgan fingerprint density at radius 1 is 0.953 bits per heavy atom. The van der Waals surface area contributed by atoms with Gasteiger partial charge in [0.2, 0.25) is 0 Å². The number of hydrogen-bond donors (Lipinski definition) is 2. The van der Waals surface area contributed by atoms with E-state index in [1.807, 2.05) is 6.07 Å². The molecule has 230 valence electrons. The Morgan fingerprint density at radius 2 is 1.63 bits per heavy atom. The molecule has 2 atom stereocenters. The molecule has 1 aliphatic carbocycles.